The molecule has 0 saturated carbocycles. The molecule has 0 aliphatic carbocycles. The Bertz CT molecular complexity index is 754. The molecule has 0 radical (unpaired) electrons. The Balaban J connectivity index is 2.10. The van der Waals surface area contributed by atoms with Crippen LogP contribution in [-0.4, -0.2) is 15.0 Å². The molecule has 3 N–H and O–H groups in total. The van der Waals surface area contributed by atoms with E-state index in [-0.39, 0.29) is 10.6 Å². The molecule has 0 aromatic heterocycles. The third-order valence-electron chi connectivity index (χ3n) is 3.58. The zero-order valence-corrected chi connectivity index (χ0v) is 11.8. The van der Waals surface area contributed by atoms with Crippen LogP contribution < -0.4 is 11.1 Å². The highest BCUT2D eigenvalue weighted by atomic mass is 32.2. The van der Waals surface area contributed by atoms with E-state index in [1.807, 2.05) is 6.07 Å². The predicted octanol–water partition coefficient (Wildman–Crippen LogP) is 1.75. The standard InChI is InChI=1S/C15H16N2O2S/c16-14-3-1-2-4-15(14)20(18,19)13-6-5-11-7-8-17-10-12(11)9-13/h1-6,9,17H,7-8,10,16H2. The lowest BCUT2D eigenvalue weighted by atomic mass is 10.0. The number of anilines is 1. The van der Waals surface area contributed by atoms with Gasteiger partial charge in [0.1, 0.15) is 0 Å². The summed E-state index contributed by atoms with van der Waals surface area (Å²) in [5.41, 5.74) is 8.33. The van der Waals surface area contributed by atoms with Crippen LogP contribution in [-0.2, 0) is 22.8 Å². The number of para-hydroxylation sites is 1. The number of fused-ring (bicyclic) bond motifs is 1. The molecular weight excluding hydrogens is 272 g/mol. The first kappa shape index (κ1) is 13.1. The first-order valence-corrected chi connectivity index (χ1v) is 7.99. The first-order valence-electron chi connectivity index (χ1n) is 6.51. The first-order chi connectivity index (χ1) is 9.59. The average Bonchev–Trinajstić information content (AvgIpc) is 2.47. The molecule has 4 nitrogen and oxygen atoms in total. The van der Waals surface area contributed by atoms with Gasteiger partial charge in [-0.1, -0.05) is 18.2 Å². The zero-order valence-electron chi connectivity index (χ0n) is 11.0. The van der Waals surface area contributed by atoms with Crippen molar-refractivity contribution in [1.29, 1.82) is 0 Å². The number of nitrogen functional groups attached to an aromatic ring is 1. The third-order valence-corrected chi connectivity index (χ3v) is 5.41. The van der Waals surface area contributed by atoms with E-state index in [2.05, 4.69) is 5.32 Å². The van der Waals surface area contributed by atoms with Gasteiger partial charge in [0.25, 0.3) is 0 Å². The van der Waals surface area contributed by atoms with Gasteiger partial charge in [-0.25, -0.2) is 8.42 Å². The van der Waals surface area contributed by atoms with E-state index in [1.165, 1.54) is 5.56 Å². The highest BCUT2D eigenvalue weighted by molar-refractivity contribution is 7.91. The second-order valence-corrected chi connectivity index (χ2v) is 6.82. The molecule has 0 unspecified atom stereocenters. The number of nitrogens with one attached hydrogen (secondary N) is 1. The summed E-state index contributed by atoms with van der Waals surface area (Å²) in [5, 5.41) is 3.25. The fraction of sp³-hybridized carbons (Fsp3) is 0.200. The summed E-state index contributed by atoms with van der Waals surface area (Å²) in [5.74, 6) is 0. The zero-order chi connectivity index (χ0) is 14.2. The molecule has 2 aromatic rings. The molecule has 5 heteroatoms. The number of hydrogen-bond acceptors (Lipinski definition) is 4. The van der Waals surface area contributed by atoms with Crippen LogP contribution in [0.1, 0.15) is 11.1 Å². The van der Waals surface area contributed by atoms with Gasteiger partial charge in [0.2, 0.25) is 9.84 Å². The van der Waals surface area contributed by atoms with Crippen molar-refractivity contribution in [3.05, 3.63) is 53.6 Å². The lowest BCUT2D eigenvalue weighted by Gasteiger charge is -2.18. The van der Waals surface area contributed by atoms with Gasteiger partial charge < -0.3 is 11.1 Å². The largest absolute Gasteiger partial charge is 0.398 e. The summed E-state index contributed by atoms with van der Waals surface area (Å²) >= 11 is 0. The Morgan fingerprint density at radius 1 is 1.05 bits per heavy atom. The smallest absolute Gasteiger partial charge is 0.208 e. The molecular formula is C15H16N2O2S. The van der Waals surface area contributed by atoms with Crippen molar-refractivity contribution < 1.29 is 8.42 Å². The second kappa shape index (κ2) is 4.92. The maximum atomic E-state index is 12.6. The summed E-state index contributed by atoms with van der Waals surface area (Å²) in [7, 11) is -3.56. The van der Waals surface area contributed by atoms with Gasteiger partial charge in [-0.05, 0) is 48.4 Å². The van der Waals surface area contributed by atoms with E-state index in [0.29, 0.717) is 11.4 Å². The summed E-state index contributed by atoms with van der Waals surface area (Å²) in [6, 6.07) is 11.9. The maximum absolute atomic E-state index is 12.6. The molecule has 0 fully saturated rings. The third kappa shape index (κ3) is 2.19. The van der Waals surface area contributed by atoms with Crippen LogP contribution in [0.25, 0.3) is 0 Å². The van der Waals surface area contributed by atoms with E-state index < -0.39 is 9.84 Å². The van der Waals surface area contributed by atoms with Crippen LogP contribution in [0.15, 0.2) is 52.3 Å². The van der Waals surface area contributed by atoms with Crippen LogP contribution >= 0.6 is 0 Å². The molecule has 104 valence electrons. The molecule has 20 heavy (non-hydrogen) atoms. The Morgan fingerprint density at radius 2 is 1.85 bits per heavy atom. The van der Waals surface area contributed by atoms with Crippen molar-refractivity contribution in [3.8, 4) is 0 Å². The summed E-state index contributed by atoms with van der Waals surface area (Å²) in [6.07, 6.45) is 0.934. The summed E-state index contributed by atoms with van der Waals surface area (Å²) in [4.78, 5) is 0.474. The molecule has 1 aliphatic rings. The Kier molecular flexibility index (Phi) is 3.23. The normalized spacial score (nSPS) is 14.8. The molecule has 0 amide bonds. The fourth-order valence-corrected chi connectivity index (χ4v) is 3.91. The monoisotopic (exact) mass is 288 g/mol. The van der Waals surface area contributed by atoms with Crippen molar-refractivity contribution in [3.63, 3.8) is 0 Å². The van der Waals surface area contributed by atoms with E-state index in [4.69, 9.17) is 5.73 Å². The van der Waals surface area contributed by atoms with Crippen LogP contribution in [0.4, 0.5) is 5.69 Å². The van der Waals surface area contributed by atoms with Crippen molar-refractivity contribution in [2.75, 3.05) is 12.3 Å². The lowest BCUT2D eigenvalue weighted by molar-refractivity contribution is 0.595. The van der Waals surface area contributed by atoms with Crippen LogP contribution in [0.3, 0.4) is 0 Å². The second-order valence-electron chi connectivity index (χ2n) is 4.90. The molecule has 1 aliphatic heterocycles. The Labute approximate surface area is 118 Å². The number of hydrogen-bond donors (Lipinski definition) is 2. The molecule has 0 atom stereocenters. The van der Waals surface area contributed by atoms with E-state index >= 15 is 0 Å². The van der Waals surface area contributed by atoms with Gasteiger partial charge in [0.05, 0.1) is 15.5 Å². The lowest BCUT2D eigenvalue weighted by Crippen LogP contribution is -2.23. The minimum Gasteiger partial charge on any atom is -0.398 e. The minimum atomic E-state index is -3.56. The molecule has 0 saturated heterocycles. The minimum absolute atomic E-state index is 0.170. The van der Waals surface area contributed by atoms with Crippen LogP contribution in [0.2, 0.25) is 0 Å². The molecule has 1 heterocycles. The van der Waals surface area contributed by atoms with Gasteiger partial charge in [-0.15, -0.1) is 0 Å². The maximum Gasteiger partial charge on any atom is 0.208 e. The summed E-state index contributed by atoms with van der Waals surface area (Å²) < 4.78 is 25.3. The van der Waals surface area contributed by atoms with Crippen molar-refractivity contribution in [1.82, 2.24) is 5.32 Å². The molecule has 2 aromatic carbocycles. The fourth-order valence-electron chi connectivity index (χ4n) is 2.48. The van der Waals surface area contributed by atoms with Crippen LogP contribution in [0.5, 0.6) is 0 Å². The Hall–Kier alpha value is -1.85. The molecule has 0 spiro atoms. The van der Waals surface area contributed by atoms with Gasteiger partial charge >= 0.3 is 0 Å². The van der Waals surface area contributed by atoms with Crippen molar-refractivity contribution >= 4 is 15.5 Å². The number of sulfone groups is 1. The molecule has 0 bridgehead atoms. The topological polar surface area (TPSA) is 72.2 Å². The molecule has 3 rings (SSSR count). The predicted molar refractivity (Wildman–Crippen MR) is 78.2 cm³/mol. The van der Waals surface area contributed by atoms with Gasteiger partial charge in [0.15, 0.2) is 0 Å². The van der Waals surface area contributed by atoms with Gasteiger partial charge in [0, 0.05) is 6.54 Å². The van der Waals surface area contributed by atoms with E-state index in [9.17, 15) is 8.42 Å². The van der Waals surface area contributed by atoms with Crippen LogP contribution in [0, 0.1) is 0 Å². The summed E-state index contributed by atoms with van der Waals surface area (Å²) in [6.45, 7) is 1.65. The number of benzene rings is 2. The Morgan fingerprint density at radius 3 is 2.65 bits per heavy atom. The highest BCUT2D eigenvalue weighted by Gasteiger charge is 2.21. The van der Waals surface area contributed by atoms with Gasteiger partial charge in [-0.3, -0.25) is 0 Å². The van der Waals surface area contributed by atoms with Crippen molar-refractivity contribution in [2.45, 2.75) is 22.8 Å². The quantitative estimate of drug-likeness (QED) is 0.826. The SMILES string of the molecule is Nc1ccccc1S(=O)(=O)c1ccc2c(c1)CNCC2. The highest BCUT2D eigenvalue weighted by Crippen LogP contribution is 2.27. The number of nitrogens with two attached hydrogens (primary N) is 1. The average molecular weight is 288 g/mol. The van der Waals surface area contributed by atoms with Gasteiger partial charge in [-0.2, -0.15) is 0 Å². The van der Waals surface area contributed by atoms with Crippen molar-refractivity contribution in [2.24, 2.45) is 0 Å². The van der Waals surface area contributed by atoms with E-state index in [0.717, 1.165) is 18.5 Å². The number of rotatable bonds is 2. The van der Waals surface area contributed by atoms with E-state index in [1.54, 1.807) is 36.4 Å².